The van der Waals surface area contributed by atoms with Gasteiger partial charge < -0.3 is 34.1 Å². The van der Waals surface area contributed by atoms with E-state index in [0.29, 0.717) is 37.0 Å². The van der Waals surface area contributed by atoms with Crippen LogP contribution < -0.4 is 4.74 Å². The second kappa shape index (κ2) is 8.91. The van der Waals surface area contributed by atoms with Crippen LogP contribution in [0.5, 0.6) is 5.75 Å². The number of esters is 3. The van der Waals surface area contributed by atoms with Crippen molar-refractivity contribution < 1.29 is 53.1 Å². The number of aliphatic carboxylic acids is 1. The molecule has 2 heterocycles. The Balaban J connectivity index is 1.56. The summed E-state index contributed by atoms with van der Waals surface area (Å²) in [4.78, 5) is 62.1. The first-order valence-electron chi connectivity index (χ1n) is 12.1. The number of hydrogen-bond acceptors (Lipinski definition) is 11. The molecular formula is C26H27NO11. The number of benzene rings is 1. The molecule has 202 valence electrons. The third-order valence-corrected chi connectivity index (χ3v) is 8.09. The number of ether oxygens (including phenoxy) is 4. The van der Waals surface area contributed by atoms with Crippen LogP contribution in [0.25, 0.3) is 0 Å². The largest absolute Gasteiger partial charge is 0.480 e. The SMILES string of the molecule is CC(=O)O[C@H](C(=O)O)[C@H](OC(C)=O)C(=O)OC1=CC[C@@]2(O)[C@H]3Cc4ccc(C=O)c5c4[C@@]2(CCN3C)[C@H]1O5. The molecule has 2 bridgehead atoms. The fourth-order valence-electron chi connectivity index (χ4n) is 6.57. The van der Waals surface area contributed by atoms with Crippen molar-refractivity contribution >= 4 is 30.2 Å². The first-order chi connectivity index (χ1) is 17.9. The number of piperidine rings is 1. The molecule has 0 saturated carbocycles. The number of nitrogens with zero attached hydrogens (tertiary/aromatic N) is 1. The van der Waals surface area contributed by atoms with Crippen LogP contribution in [0.1, 0.15) is 48.2 Å². The number of aliphatic hydroxyl groups is 1. The number of likely N-dealkylation sites (N-methyl/N-ethyl adjacent to an activating group) is 1. The lowest BCUT2D eigenvalue weighted by molar-refractivity contribution is -0.190. The Morgan fingerprint density at radius 1 is 1.16 bits per heavy atom. The summed E-state index contributed by atoms with van der Waals surface area (Å²) in [7, 11) is 1.93. The molecule has 1 aromatic rings. The number of hydrogen-bond donors (Lipinski definition) is 2. The van der Waals surface area contributed by atoms with E-state index in [1.807, 2.05) is 13.1 Å². The van der Waals surface area contributed by atoms with E-state index < -0.39 is 53.2 Å². The number of aldehydes is 1. The van der Waals surface area contributed by atoms with E-state index in [2.05, 4.69) is 4.90 Å². The van der Waals surface area contributed by atoms with Gasteiger partial charge in [0.25, 0.3) is 0 Å². The van der Waals surface area contributed by atoms with Crippen molar-refractivity contribution in [3.05, 3.63) is 40.7 Å². The molecule has 0 radical (unpaired) electrons. The smallest absolute Gasteiger partial charge is 0.357 e. The van der Waals surface area contributed by atoms with Gasteiger partial charge in [-0.3, -0.25) is 14.4 Å². The van der Waals surface area contributed by atoms with Gasteiger partial charge in [-0.25, -0.2) is 9.59 Å². The highest BCUT2D eigenvalue weighted by molar-refractivity contribution is 5.89. The predicted octanol–water partition coefficient (Wildman–Crippen LogP) is 0.268. The molecule has 0 amide bonds. The number of likely N-dealkylation sites (tertiary alicyclic amines) is 1. The average Bonchev–Trinajstić information content (AvgIpc) is 3.20. The maximum absolute atomic E-state index is 13.2. The molecule has 4 aliphatic rings. The van der Waals surface area contributed by atoms with Crippen LogP contribution in [0.4, 0.5) is 0 Å². The van der Waals surface area contributed by atoms with Gasteiger partial charge in [-0.05, 0) is 44.1 Å². The van der Waals surface area contributed by atoms with Crippen LogP contribution in [-0.2, 0) is 45.2 Å². The lowest BCUT2D eigenvalue weighted by atomic mass is 9.50. The molecule has 38 heavy (non-hydrogen) atoms. The Bertz CT molecular complexity index is 1290. The van der Waals surface area contributed by atoms with Crippen LogP contribution in [0.2, 0.25) is 0 Å². The number of rotatable bonds is 7. The molecule has 6 atom stereocenters. The monoisotopic (exact) mass is 529 g/mol. The van der Waals surface area contributed by atoms with E-state index in [-0.39, 0.29) is 23.8 Å². The van der Waals surface area contributed by atoms with Crippen LogP contribution in [0, 0.1) is 0 Å². The molecule has 12 nitrogen and oxygen atoms in total. The summed E-state index contributed by atoms with van der Waals surface area (Å²) < 4.78 is 21.5. The van der Waals surface area contributed by atoms with Gasteiger partial charge >= 0.3 is 23.9 Å². The molecule has 12 heteroatoms. The van der Waals surface area contributed by atoms with Gasteiger partial charge in [0, 0.05) is 31.9 Å². The molecule has 2 aliphatic heterocycles. The molecule has 2 N–H and O–H groups in total. The maximum Gasteiger partial charge on any atom is 0.357 e. The van der Waals surface area contributed by atoms with Gasteiger partial charge in [-0.15, -0.1) is 0 Å². The Labute approximate surface area is 217 Å². The first kappa shape index (κ1) is 25.9. The molecule has 0 unspecified atom stereocenters. The van der Waals surface area contributed by atoms with Crippen LogP contribution in [-0.4, -0.2) is 88.8 Å². The van der Waals surface area contributed by atoms with E-state index in [1.165, 1.54) is 6.08 Å². The molecule has 1 fully saturated rings. The molecule has 1 spiro atoms. The number of carboxylic acid groups (broad SMARTS) is 1. The zero-order chi connectivity index (χ0) is 27.6. The highest BCUT2D eigenvalue weighted by atomic mass is 16.6. The first-order valence-corrected chi connectivity index (χ1v) is 12.1. The Hall–Kier alpha value is -3.77. The standard InChI is InChI=1S/C26H27NO11/c1-12(29)35-20(23(31)32)21(36-13(2)30)24(33)37-16-6-7-26(34)17-10-14-4-5-15(11-28)19-18(14)25(26,22(16)38-19)8-9-27(17)3/h4-6,11,17,20-22,34H,7-10H2,1-3H3,(H,31,32)/t17-,20+,21+,22+,25+,26-/m1/s1. The lowest BCUT2D eigenvalue weighted by Gasteiger charge is -2.61. The minimum atomic E-state index is -2.15. The summed E-state index contributed by atoms with van der Waals surface area (Å²) in [5.74, 6) is -4.72. The van der Waals surface area contributed by atoms with Gasteiger partial charge in [0.05, 0.1) is 16.6 Å². The molecule has 1 aromatic carbocycles. The van der Waals surface area contributed by atoms with Gasteiger partial charge in [0.2, 0.25) is 12.2 Å². The maximum atomic E-state index is 13.2. The zero-order valence-corrected chi connectivity index (χ0v) is 21.0. The second-order valence-corrected chi connectivity index (χ2v) is 10.1. The third-order valence-electron chi connectivity index (χ3n) is 8.09. The quantitative estimate of drug-likeness (QED) is 0.282. The zero-order valence-electron chi connectivity index (χ0n) is 21.0. The van der Waals surface area contributed by atoms with Crippen molar-refractivity contribution in [3.63, 3.8) is 0 Å². The minimum Gasteiger partial charge on any atom is -0.480 e. The van der Waals surface area contributed by atoms with Crippen LogP contribution in [0.3, 0.4) is 0 Å². The summed E-state index contributed by atoms with van der Waals surface area (Å²) >= 11 is 0. The van der Waals surface area contributed by atoms with Gasteiger partial charge in [-0.1, -0.05) is 6.07 Å². The van der Waals surface area contributed by atoms with Crippen molar-refractivity contribution in [2.24, 2.45) is 0 Å². The summed E-state index contributed by atoms with van der Waals surface area (Å²) in [6, 6.07) is 3.22. The van der Waals surface area contributed by atoms with E-state index >= 15 is 0 Å². The molecule has 2 aliphatic carbocycles. The summed E-state index contributed by atoms with van der Waals surface area (Å²) in [5, 5.41) is 21.7. The average molecular weight is 529 g/mol. The van der Waals surface area contributed by atoms with Gasteiger partial charge in [0.1, 0.15) is 11.5 Å². The molecule has 5 rings (SSSR count). The molecular weight excluding hydrogens is 502 g/mol. The normalized spacial score (nSPS) is 30.1. The van der Waals surface area contributed by atoms with Gasteiger partial charge in [-0.2, -0.15) is 0 Å². The van der Waals surface area contributed by atoms with E-state index in [0.717, 1.165) is 19.4 Å². The fourth-order valence-corrected chi connectivity index (χ4v) is 6.57. The lowest BCUT2D eigenvalue weighted by Crippen LogP contribution is -2.74. The third kappa shape index (κ3) is 3.54. The predicted molar refractivity (Wildman–Crippen MR) is 125 cm³/mol. The summed E-state index contributed by atoms with van der Waals surface area (Å²) in [6.45, 7) is 2.51. The minimum absolute atomic E-state index is 0.0204. The summed E-state index contributed by atoms with van der Waals surface area (Å²) in [5.41, 5.74) is -0.440. The van der Waals surface area contributed by atoms with E-state index in [9.17, 15) is 34.2 Å². The highest BCUT2D eigenvalue weighted by Crippen LogP contribution is 2.64. The summed E-state index contributed by atoms with van der Waals surface area (Å²) in [6.07, 6.45) is -2.08. The number of carbonyl (C=O) groups is 5. The fraction of sp³-hybridized carbons (Fsp3) is 0.500. The highest BCUT2D eigenvalue weighted by Gasteiger charge is 2.72. The Kier molecular flexibility index (Phi) is 6.07. The van der Waals surface area contributed by atoms with E-state index in [4.69, 9.17) is 18.9 Å². The van der Waals surface area contributed by atoms with Crippen molar-refractivity contribution in [3.8, 4) is 5.75 Å². The van der Waals surface area contributed by atoms with Gasteiger partial charge in [0.15, 0.2) is 12.4 Å². The number of carboxylic acids is 1. The second-order valence-electron chi connectivity index (χ2n) is 10.1. The van der Waals surface area contributed by atoms with Crippen molar-refractivity contribution in [1.29, 1.82) is 0 Å². The Morgan fingerprint density at radius 3 is 2.47 bits per heavy atom. The topological polar surface area (TPSA) is 166 Å². The molecule has 1 saturated heterocycles. The van der Waals surface area contributed by atoms with Crippen LogP contribution >= 0.6 is 0 Å². The van der Waals surface area contributed by atoms with Crippen molar-refractivity contribution in [2.45, 2.75) is 68.5 Å². The van der Waals surface area contributed by atoms with E-state index in [1.54, 1.807) is 6.07 Å². The van der Waals surface area contributed by atoms with Crippen LogP contribution in [0.15, 0.2) is 24.0 Å². The number of carbonyl (C=O) groups excluding carboxylic acids is 4. The Morgan fingerprint density at radius 2 is 1.84 bits per heavy atom. The van der Waals surface area contributed by atoms with Crippen molar-refractivity contribution in [1.82, 2.24) is 4.90 Å². The van der Waals surface area contributed by atoms with Crippen molar-refractivity contribution in [2.75, 3.05) is 13.6 Å². The molecule has 0 aromatic heterocycles.